The fraction of sp³-hybridized carbons (Fsp3) is 0.300. The Kier molecular flexibility index (Phi) is 3.25. The third-order valence-electron chi connectivity index (χ3n) is 1.94. The normalized spacial score (nSPS) is 9.69. The highest BCUT2D eigenvalue weighted by molar-refractivity contribution is 7.80. The number of hydrogen-bond acceptors (Lipinski definition) is 2. The van der Waals surface area contributed by atoms with Crippen molar-refractivity contribution < 1.29 is 4.74 Å². The van der Waals surface area contributed by atoms with Gasteiger partial charge in [-0.2, -0.15) is 0 Å². The van der Waals surface area contributed by atoms with Crippen LogP contribution in [-0.2, 0) is 6.42 Å². The molecule has 0 saturated carbocycles. The number of methoxy groups -OCH3 is 1. The van der Waals surface area contributed by atoms with Crippen LogP contribution in [0, 0.1) is 0 Å². The summed E-state index contributed by atoms with van der Waals surface area (Å²) in [6, 6.07) is 5.88. The molecule has 2 N–H and O–H groups in total. The van der Waals surface area contributed by atoms with Gasteiger partial charge in [-0.15, -0.1) is 0 Å². The molecular formula is C10H13NOS. The molecule has 0 bridgehead atoms. The quantitative estimate of drug-likeness (QED) is 0.748. The first-order valence-electron chi connectivity index (χ1n) is 4.15. The van der Waals surface area contributed by atoms with Gasteiger partial charge in [-0.3, -0.25) is 0 Å². The van der Waals surface area contributed by atoms with E-state index in [1.165, 1.54) is 5.56 Å². The van der Waals surface area contributed by atoms with E-state index in [-0.39, 0.29) is 0 Å². The maximum atomic E-state index is 5.57. The first-order valence-corrected chi connectivity index (χ1v) is 4.56. The molecule has 0 saturated heterocycles. The second-order valence-electron chi connectivity index (χ2n) is 2.75. The number of hydrogen-bond donors (Lipinski definition) is 1. The minimum absolute atomic E-state index is 0.382. The molecule has 70 valence electrons. The summed E-state index contributed by atoms with van der Waals surface area (Å²) in [5.74, 6) is 0.740. The zero-order chi connectivity index (χ0) is 9.84. The van der Waals surface area contributed by atoms with Crippen LogP contribution < -0.4 is 10.5 Å². The van der Waals surface area contributed by atoms with Crippen LogP contribution in [0.4, 0.5) is 0 Å². The van der Waals surface area contributed by atoms with E-state index in [0.29, 0.717) is 4.99 Å². The summed E-state index contributed by atoms with van der Waals surface area (Å²) in [6.07, 6.45) is 0.972. The van der Waals surface area contributed by atoms with Crippen molar-refractivity contribution in [2.45, 2.75) is 13.3 Å². The Hall–Kier alpha value is -1.09. The molecule has 0 amide bonds. The summed E-state index contributed by atoms with van der Waals surface area (Å²) in [5, 5.41) is 0. The van der Waals surface area contributed by atoms with Crippen molar-refractivity contribution in [3.8, 4) is 5.75 Å². The van der Waals surface area contributed by atoms with Crippen molar-refractivity contribution in [1.82, 2.24) is 0 Å². The Labute approximate surface area is 83.7 Å². The molecule has 3 heteroatoms. The van der Waals surface area contributed by atoms with Crippen molar-refractivity contribution in [3.05, 3.63) is 29.3 Å². The molecule has 2 nitrogen and oxygen atoms in total. The van der Waals surface area contributed by atoms with Crippen molar-refractivity contribution in [3.63, 3.8) is 0 Å². The summed E-state index contributed by atoms with van der Waals surface area (Å²) in [7, 11) is 1.61. The number of ether oxygens (including phenoxy) is 1. The van der Waals surface area contributed by atoms with Crippen LogP contribution in [0.25, 0.3) is 0 Å². The Balaban J connectivity index is 3.18. The SMILES string of the molecule is CCc1ccc(OC)c(C(N)=S)c1. The first-order chi connectivity index (χ1) is 6.19. The molecule has 1 rings (SSSR count). The lowest BCUT2D eigenvalue weighted by molar-refractivity contribution is 0.414. The number of nitrogens with two attached hydrogens (primary N) is 1. The van der Waals surface area contributed by atoms with Crippen molar-refractivity contribution in [2.75, 3.05) is 7.11 Å². The van der Waals surface area contributed by atoms with Crippen LogP contribution in [0.2, 0.25) is 0 Å². The van der Waals surface area contributed by atoms with Crippen LogP contribution in [0.1, 0.15) is 18.1 Å². The molecule has 0 radical (unpaired) electrons. The molecule has 0 spiro atoms. The molecule has 0 heterocycles. The van der Waals surface area contributed by atoms with Crippen LogP contribution in [0.5, 0.6) is 5.75 Å². The number of aryl methyl sites for hydroxylation is 1. The average Bonchev–Trinajstić information content (AvgIpc) is 2.16. The van der Waals surface area contributed by atoms with Crippen LogP contribution in [0.15, 0.2) is 18.2 Å². The molecule has 0 aromatic heterocycles. The zero-order valence-electron chi connectivity index (χ0n) is 7.83. The van der Waals surface area contributed by atoms with Gasteiger partial charge < -0.3 is 10.5 Å². The lowest BCUT2D eigenvalue weighted by atomic mass is 10.1. The number of rotatable bonds is 3. The fourth-order valence-corrected chi connectivity index (χ4v) is 1.33. The highest BCUT2D eigenvalue weighted by atomic mass is 32.1. The van der Waals surface area contributed by atoms with Gasteiger partial charge in [-0.25, -0.2) is 0 Å². The predicted octanol–water partition coefficient (Wildman–Crippen LogP) is 1.89. The molecule has 1 aromatic carbocycles. The minimum Gasteiger partial charge on any atom is -0.496 e. The smallest absolute Gasteiger partial charge is 0.129 e. The third-order valence-corrected chi connectivity index (χ3v) is 2.16. The van der Waals surface area contributed by atoms with Gasteiger partial charge in [0.25, 0.3) is 0 Å². The Bertz CT molecular complexity index is 323. The fourth-order valence-electron chi connectivity index (χ4n) is 1.17. The van der Waals surface area contributed by atoms with Crippen LogP contribution in [0.3, 0.4) is 0 Å². The van der Waals surface area contributed by atoms with Crippen LogP contribution in [-0.4, -0.2) is 12.1 Å². The largest absolute Gasteiger partial charge is 0.496 e. The monoisotopic (exact) mass is 195 g/mol. The lowest BCUT2D eigenvalue weighted by Gasteiger charge is -2.08. The van der Waals surface area contributed by atoms with Crippen molar-refractivity contribution >= 4 is 17.2 Å². The number of thiocarbonyl (C=S) groups is 1. The summed E-state index contributed by atoms with van der Waals surface area (Å²) in [4.78, 5) is 0.382. The van der Waals surface area contributed by atoms with Gasteiger partial charge in [0.15, 0.2) is 0 Å². The van der Waals surface area contributed by atoms with Gasteiger partial charge >= 0.3 is 0 Å². The lowest BCUT2D eigenvalue weighted by Crippen LogP contribution is -2.11. The highest BCUT2D eigenvalue weighted by Crippen LogP contribution is 2.19. The Morgan fingerprint density at radius 3 is 2.69 bits per heavy atom. The van der Waals surface area contributed by atoms with Gasteiger partial charge in [-0.1, -0.05) is 25.2 Å². The molecule has 1 aromatic rings. The van der Waals surface area contributed by atoms with E-state index < -0.39 is 0 Å². The third kappa shape index (κ3) is 2.18. The molecule has 13 heavy (non-hydrogen) atoms. The zero-order valence-corrected chi connectivity index (χ0v) is 8.65. The summed E-state index contributed by atoms with van der Waals surface area (Å²) < 4.78 is 5.14. The van der Waals surface area contributed by atoms with E-state index in [1.807, 2.05) is 18.2 Å². The van der Waals surface area contributed by atoms with E-state index >= 15 is 0 Å². The summed E-state index contributed by atoms with van der Waals surface area (Å²) in [6.45, 7) is 2.09. The Morgan fingerprint density at radius 2 is 2.23 bits per heavy atom. The second kappa shape index (κ2) is 4.23. The average molecular weight is 195 g/mol. The second-order valence-corrected chi connectivity index (χ2v) is 3.19. The molecular weight excluding hydrogens is 182 g/mol. The van der Waals surface area contributed by atoms with Crippen LogP contribution >= 0.6 is 12.2 Å². The highest BCUT2D eigenvalue weighted by Gasteiger charge is 2.05. The van der Waals surface area contributed by atoms with E-state index in [4.69, 9.17) is 22.7 Å². The van der Waals surface area contributed by atoms with Crippen molar-refractivity contribution in [2.24, 2.45) is 5.73 Å². The van der Waals surface area contributed by atoms with Gasteiger partial charge in [-0.05, 0) is 24.1 Å². The van der Waals surface area contributed by atoms with E-state index in [0.717, 1.165) is 17.7 Å². The van der Waals surface area contributed by atoms with Gasteiger partial charge in [0.05, 0.1) is 12.7 Å². The van der Waals surface area contributed by atoms with Gasteiger partial charge in [0.2, 0.25) is 0 Å². The van der Waals surface area contributed by atoms with Gasteiger partial charge in [0.1, 0.15) is 10.7 Å². The molecule has 0 aliphatic heterocycles. The number of benzene rings is 1. The molecule has 0 aliphatic carbocycles. The maximum Gasteiger partial charge on any atom is 0.129 e. The maximum absolute atomic E-state index is 5.57. The van der Waals surface area contributed by atoms with Gasteiger partial charge in [0, 0.05) is 0 Å². The molecule has 0 atom stereocenters. The van der Waals surface area contributed by atoms with E-state index in [1.54, 1.807) is 7.11 Å². The molecule has 0 fully saturated rings. The summed E-state index contributed by atoms with van der Waals surface area (Å²) >= 11 is 4.92. The first kappa shape index (κ1) is 9.99. The van der Waals surface area contributed by atoms with Crippen molar-refractivity contribution in [1.29, 1.82) is 0 Å². The standard InChI is InChI=1S/C10H13NOS/c1-3-7-4-5-9(12-2)8(6-7)10(11)13/h4-6H,3H2,1-2H3,(H2,11,13). The Morgan fingerprint density at radius 1 is 1.54 bits per heavy atom. The topological polar surface area (TPSA) is 35.2 Å². The minimum atomic E-state index is 0.382. The van der Waals surface area contributed by atoms with E-state index in [2.05, 4.69) is 6.92 Å². The molecule has 0 unspecified atom stereocenters. The predicted molar refractivity (Wildman–Crippen MR) is 58.3 cm³/mol. The van der Waals surface area contributed by atoms with E-state index in [9.17, 15) is 0 Å². The summed E-state index contributed by atoms with van der Waals surface area (Å²) in [5.41, 5.74) is 7.59. The molecule has 0 aliphatic rings.